The Labute approximate surface area is 138 Å². The Hall–Kier alpha value is -1.62. The first-order chi connectivity index (χ1) is 11.3. The Morgan fingerprint density at radius 3 is 2.57 bits per heavy atom. The Balaban J connectivity index is 1.49. The molecule has 126 valence electrons. The number of carbonyl (C=O) groups excluding carboxylic acids is 1. The highest BCUT2D eigenvalue weighted by molar-refractivity contribution is 5.90. The number of rotatable bonds is 4. The van der Waals surface area contributed by atoms with Crippen molar-refractivity contribution in [3.8, 4) is 0 Å². The summed E-state index contributed by atoms with van der Waals surface area (Å²) < 4.78 is 0. The summed E-state index contributed by atoms with van der Waals surface area (Å²) in [7, 11) is 0. The van der Waals surface area contributed by atoms with Gasteiger partial charge in [-0.15, -0.1) is 0 Å². The Bertz CT molecular complexity index is 488. The molecule has 2 heterocycles. The van der Waals surface area contributed by atoms with Gasteiger partial charge in [0, 0.05) is 32.6 Å². The SMILES string of the molecule is O=C(CC1CCCCCC1)Nc1ccc(N2CCNCC2)cn1. The topological polar surface area (TPSA) is 57.3 Å². The zero-order valence-electron chi connectivity index (χ0n) is 13.9. The van der Waals surface area contributed by atoms with Crippen molar-refractivity contribution < 1.29 is 4.79 Å². The van der Waals surface area contributed by atoms with Gasteiger partial charge in [-0.1, -0.05) is 25.7 Å². The first kappa shape index (κ1) is 16.2. The summed E-state index contributed by atoms with van der Waals surface area (Å²) >= 11 is 0. The second-order valence-corrected chi connectivity index (χ2v) is 6.75. The standard InChI is InChI=1S/C18H28N4O/c23-18(13-15-5-3-1-2-4-6-15)21-17-8-7-16(14-20-17)22-11-9-19-10-12-22/h7-8,14-15,19H,1-6,9-13H2,(H,20,21,23). The van der Waals surface area contributed by atoms with E-state index in [1.165, 1.54) is 38.5 Å². The van der Waals surface area contributed by atoms with Crippen LogP contribution in [0.15, 0.2) is 18.3 Å². The number of amides is 1. The minimum Gasteiger partial charge on any atom is -0.368 e. The van der Waals surface area contributed by atoms with Crippen molar-refractivity contribution in [3.05, 3.63) is 18.3 Å². The van der Waals surface area contributed by atoms with Crippen molar-refractivity contribution >= 4 is 17.4 Å². The van der Waals surface area contributed by atoms with Crippen LogP contribution in [0.2, 0.25) is 0 Å². The lowest BCUT2D eigenvalue weighted by Crippen LogP contribution is -2.43. The number of aromatic nitrogens is 1. The summed E-state index contributed by atoms with van der Waals surface area (Å²) in [6.45, 7) is 4.05. The summed E-state index contributed by atoms with van der Waals surface area (Å²) in [5.41, 5.74) is 1.13. The molecule has 2 aliphatic rings. The van der Waals surface area contributed by atoms with E-state index in [2.05, 4.69) is 26.6 Å². The van der Waals surface area contributed by atoms with Crippen LogP contribution < -0.4 is 15.5 Å². The van der Waals surface area contributed by atoms with Gasteiger partial charge in [0.2, 0.25) is 5.91 Å². The van der Waals surface area contributed by atoms with Crippen molar-refractivity contribution in [1.82, 2.24) is 10.3 Å². The fraction of sp³-hybridized carbons (Fsp3) is 0.667. The number of carbonyl (C=O) groups is 1. The molecular weight excluding hydrogens is 288 g/mol. The largest absolute Gasteiger partial charge is 0.368 e. The minimum atomic E-state index is 0.110. The van der Waals surface area contributed by atoms with Gasteiger partial charge in [-0.05, 0) is 30.9 Å². The number of hydrogen-bond donors (Lipinski definition) is 2. The van der Waals surface area contributed by atoms with Crippen molar-refractivity contribution in [1.29, 1.82) is 0 Å². The first-order valence-corrected chi connectivity index (χ1v) is 9.03. The number of piperazine rings is 1. The van der Waals surface area contributed by atoms with E-state index >= 15 is 0 Å². The zero-order valence-corrected chi connectivity index (χ0v) is 13.9. The average molecular weight is 316 g/mol. The normalized spacial score (nSPS) is 20.1. The highest BCUT2D eigenvalue weighted by Gasteiger charge is 2.16. The van der Waals surface area contributed by atoms with Gasteiger partial charge in [-0.25, -0.2) is 4.98 Å². The number of nitrogens with zero attached hydrogens (tertiary/aromatic N) is 2. The molecule has 0 radical (unpaired) electrons. The van der Waals surface area contributed by atoms with Crippen molar-refractivity contribution in [2.24, 2.45) is 5.92 Å². The number of nitrogens with one attached hydrogen (secondary N) is 2. The molecule has 5 heteroatoms. The Kier molecular flexibility index (Phi) is 5.86. The van der Waals surface area contributed by atoms with E-state index in [1.54, 1.807) is 0 Å². The third-order valence-electron chi connectivity index (χ3n) is 4.95. The molecule has 1 amide bonds. The molecule has 1 aliphatic carbocycles. The first-order valence-electron chi connectivity index (χ1n) is 9.03. The fourth-order valence-corrected chi connectivity index (χ4v) is 3.59. The second kappa shape index (κ2) is 8.29. The van der Waals surface area contributed by atoms with Gasteiger partial charge in [0.15, 0.2) is 0 Å². The fourth-order valence-electron chi connectivity index (χ4n) is 3.59. The summed E-state index contributed by atoms with van der Waals surface area (Å²) in [6, 6.07) is 3.97. The maximum atomic E-state index is 12.2. The number of anilines is 2. The lowest BCUT2D eigenvalue weighted by Gasteiger charge is -2.29. The molecule has 0 atom stereocenters. The van der Waals surface area contributed by atoms with Crippen LogP contribution in [0.5, 0.6) is 0 Å². The maximum Gasteiger partial charge on any atom is 0.225 e. The third kappa shape index (κ3) is 4.93. The monoisotopic (exact) mass is 316 g/mol. The molecule has 2 N–H and O–H groups in total. The van der Waals surface area contributed by atoms with Crippen LogP contribution >= 0.6 is 0 Å². The van der Waals surface area contributed by atoms with Crippen LogP contribution in [-0.2, 0) is 4.79 Å². The van der Waals surface area contributed by atoms with Gasteiger partial charge in [-0.3, -0.25) is 4.79 Å². The van der Waals surface area contributed by atoms with Gasteiger partial charge < -0.3 is 15.5 Å². The molecule has 23 heavy (non-hydrogen) atoms. The lowest BCUT2D eigenvalue weighted by atomic mass is 9.96. The minimum absolute atomic E-state index is 0.110. The van der Waals surface area contributed by atoms with Crippen LogP contribution in [0.4, 0.5) is 11.5 Å². The Morgan fingerprint density at radius 2 is 1.91 bits per heavy atom. The number of pyridine rings is 1. The Morgan fingerprint density at radius 1 is 1.17 bits per heavy atom. The van der Waals surface area contributed by atoms with Crippen LogP contribution in [0.25, 0.3) is 0 Å². The zero-order chi connectivity index (χ0) is 15.9. The van der Waals surface area contributed by atoms with E-state index in [0.717, 1.165) is 31.9 Å². The predicted octanol–water partition coefficient (Wildman–Crippen LogP) is 2.79. The summed E-state index contributed by atoms with van der Waals surface area (Å²) in [5, 5.41) is 6.30. The molecule has 0 unspecified atom stereocenters. The molecular formula is C18H28N4O. The van der Waals surface area contributed by atoms with Crippen molar-refractivity contribution in [2.45, 2.75) is 44.9 Å². The smallest absolute Gasteiger partial charge is 0.225 e. The van der Waals surface area contributed by atoms with Crippen molar-refractivity contribution in [3.63, 3.8) is 0 Å². The molecule has 1 aliphatic heterocycles. The second-order valence-electron chi connectivity index (χ2n) is 6.75. The summed E-state index contributed by atoms with van der Waals surface area (Å²) in [5.74, 6) is 1.33. The molecule has 1 saturated heterocycles. The molecule has 0 bridgehead atoms. The van der Waals surface area contributed by atoms with E-state index in [-0.39, 0.29) is 5.91 Å². The van der Waals surface area contributed by atoms with Gasteiger partial charge in [-0.2, -0.15) is 0 Å². The summed E-state index contributed by atoms with van der Waals surface area (Å²) in [6.07, 6.45) is 10.1. The molecule has 5 nitrogen and oxygen atoms in total. The van der Waals surface area contributed by atoms with E-state index in [1.807, 2.05) is 12.3 Å². The molecule has 1 aromatic rings. The van der Waals surface area contributed by atoms with E-state index in [9.17, 15) is 4.79 Å². The van der Waals surface area contributed by atoms with E-state index in [4.69, 9.17) is 0 Å². The molecule has 3 rings (SSSR count). The third-order valence-corrected chi connectivity index (χ3v) is 4.95. The van der Waals surface area contributed by atoms with Crippen LogP contribution in [0, 0.1) is 5.92 Å². The molecule has 0 aromatic carbocycles. The summed E-state index contributed by atoms with van der Waals surface area (Å²) in [4.78, 5) is 18.9. The van der Waals surface area contributed by atoms with Gasteiger partial charge in [0.25, 0.3) is 0 Å². The molecule has 0 spiro atoms. The highest BCUT2D eigenvalue weighted by atomic mass is 16.1. The average Bonchev–Trinajstić information content (AvgIpc) is 2.85. The maximum absolute atomic E-state index is 12.2. The lowest BCUT2D eigenvalue weighted by molar-refractivity contribution is -0.117. The van der Waals surface area contributed by atoms with Crippen LogP contribution in [0.1, 0.15) is 44.9 Å². The van der Waals surface area contributed by atoms with E-state index < -0.39 is 0 Å². The molecule has 2 fully saturated rings. The molecule has 1 saturated carbocycles. The highest BCUT2D eigenvalue weighted by Crippen LogP contribution is 2.25. The number of hydrogen-bond acceptors (Lipinski definition) is 4. The van der Waals surface area contributed by atoms with Crippen LogP contribution in [0.3, 0.4) is 0 Å². The van der Waals surface area contributed by atoms with Gasteiger partial charge in [0.05, 0.1) is 11.9 Å². The quantitative estimate of drug-likeness (QED) is 0.839. The predicted molar refractivity (Wildman–Crippen MR) is 93.8 cm³/mol. The van der Waals surface area contributed by atoms with Crippen LogP contribution in [-0.4, -0.2) is 37.1 Å². The van der Waals surface area contributed by atoms with E-state index in [0.29, 0.717) is 18.2 Å². The van der Waals surface area contributed by atoms with Crippen molar-refractivity contribution in [2.75, 3.05) is 36.4 Å². The van der Waals surface area contributed by atoms with Gasteiger partial charge in [0.1, 0.15) is 5.82 Å². The molecule has 1 aromatic heterocycles. The van der Waals surface area contributed by atoms with Gasteiger partial charge >= 0.3 is 0 Å².